The molecule has 0 aromatic carbocycles. The Kier molecular flexibility index (Phi) is 4.05. The van der Waals surface area contributed by atoms with Gasteiger partial charge in [-0.05, 0) is 25.7 Å². The van der Waals surface area contributed by atoms with E-state index in [0.29, 0.717) is 5.57 Å². The zero-order valence-corrected chi connectivity index (χ0v) is 9.17. The highest BCUT2D eigenvalue weighted by Gasteiger charge is 2.18. The molecule has 1 unspecified atom stereocenters. The molecule has 0 N–H and O–H groups in total. The third-order valence-corrected chi connectivity index (χ3v) is 2.97. The van der Waals surface area contributed by atoms with Gasteiger partial charge in [0.05, 0.1) is 0 Å². The van der Waals surface area contributed by atoms with Crippen LogP contribution in [0.1, 0.15) is 25.7 Å². The third-order valence-electron chi connectivity index (χ3n) is 1.99. The summed E-state index contributed by atoms with van der Waals surface area (Å²) in [5, 5.41) is 0. The molecule has 2 nitrogen and oxygen atoms in total. The SMILES string of the molecule is C=C1CCCCC(CI)OC1=O. The lowest BCUT2D eigenvalue weighted by atomic mass is 10.1. The molecule has 0 aromatic rings. The number of cyclic esters (lactones) is 1. The quantitative estimate of drug-likeness (QED) is 0.319. The standard InChI is InChI=1S/C9H13IO2/c1-7-4-2-3-5-8(6-10)12-9(7)11/h8H,1-6H2. The first-order chi connectivity index (χ1) is 5.74. The Labute approximate surface area is 86.5 Å². The van der Waals surface area contributed by atoms with Crippen LogP contribution in [0.4, 0.5) is 0 Å². The summed E-state index contributed by atoms with van der Waals surface area (Å²) >= 11 is 2.25. The average molecular weight is 280 g/mol. The normalized spacial score (nSPS) is 25.9. The maximum Gasteiger partial charge on any atom is 0.333 e. The molecule has 3 heteroatoms. The van der Waals surface area contributed by atoms with Gasteiger partial charge in [0.1, 0.15) is 6.10 Å². The number of ether oxygens (including phenoxy) is 1. The van der Waals surface area contributed by atoms with E-state index < -0.39 is 0 Å². The molecule has 0 saturated carbocycles. The monoisotopic (exact) mass is 280 g/mol. The smallest absolute Gasteiger partial charge is 0.333 e. The Bertz CT molecular complexity index is 189. The Morgan fingerprint density at radius 3 is 3.00 bits per heavy atom. The molecule has 0 aromatic heterocycles. The average Bonchev–Trinajstić information content (AvgIpc) is 2.06. The number of carbonyl (C=O) groups is 1. The van der Waals surface area contributed by atoms with Crippen LogP contribution in [-0.4, -0.2) is 16.5 Å². The summed E-state index contributed by atoms with van der Waals surface area (Å²) in [5.41, 5.74) is 0.629. The van der Waals surface area contributed by atoms with E-state index in [1.54, 1.807) is 0 Å². The number of halogens is 1. The van der Waals surface area contributed by atoms with E-state index in [1.165, 1.54) is 0 Å². The van der Waals surface area contributed by atoms with Gasteiger partial charge >= 0.3 is 5.97 Å². The third kappa shape index (κ3) is 2.77. The van der Waals surface area contributed by atoms with E-state index >= 15 is 0 Å². The molecular formula is C9H13IO2. The first kappa shape index (κ1) is 10.0. The lowest BCUT2D eigenvalue weighted by molar-refractivity contribution is -0.144. The van der Waals surface area contributed by atoms with Crippen molar-refractivity contribution >= 4 is 28.6 Å². The van der Waals surface area contributed by atoms with Crippen molar-refractivity contribution in [3.63, 3.8) is 0 Å². The second kappa shape index (κ2) is 4.84. The van der Waals surface area contributed by atoms with Crippen LogP contribution in [0.15, 0.2) is 12.2 Å². The summed E-state index contributed by atoms with van der Waals surface area (Å²) in [6, 6.07) is 0. The van der Waals surface area contributed by atoms with Gasteiger partial charge in [-0.3, -0.25) is 0 Å². The molecule has 0 bridgehead atoms. The van der Waals surface area contributed by atoms with Gasteiger partial charge in [0.25, 0.3) is 0 Å². The van der Waals surface area contributed by atoms with Crippen LogP contribution in [-0.2, 0) is 9.53 Å². The minimum Gasteiger partial charge on any atom is -0.458 e. The highest BCUT2D eigenvalue weighted by atomic mass is 127. The molecule has 0 amide bonds. The molecule has 1 rings (SSSR count). The first-order valence-electron chi connectivity index (χ1n) is 4.18. The van der Waals surface area contributed by atoms with Crippen LogP contribution in [0.25, 0.3) is 0 Å². The summed E-state index contributed by atoms with van der Waals surface area (Å²) < 4.78 is 6.09. The minimum atomic E-state index is -0.198. The molecular weight excluding hydrogens is 267 g/mol. The molecule has 0 radical (unpaired) electrons. The molecule has 1 saturated heterocycles. The first-order valence-corrected chi connectivity index (χ1v) is 5.71. The van der Waals surface area contributed by atoms with E-state index in [0.717, 1.165) is 30.1 Å². The fourth-order valence-corrected chi connectivity index (χ4v) is 1.83. The topological polar surface area (TPSA) is 26.3 Å². The van der Waals surface area contributed by atoms with Gasteiger partial charge in [-0.15, -0.1) is 0 Å². The summed E-state index contributed by atoms with van der Waals surface area (Å²) in [5.74, 6) is -0.198. The van der Waals surface area contributed by atoms with E-state index in [2.05, 4.69) is 29.2 Å². The molecule has 12 heavy (non-hydrogen) atoms. The van der Waals surface area contributed by atoms with Crippen LogP contribution in [0.3, 0.4) is 0 Å². The van der Waals surface area contributed by atoms with Crippen LogP contribution in [0.5, 0.6) is 0 Å². The highest BCUT2D eigenvalue weighted by Crippen LogP contribution is 2.18. The zero-order valence-electron chi connectivity index (χ0n) is 7.01. The van der Waals surface area contributed by atoms with Gasteiger partial charge in [-0.2, -0.15) is 0 Å². The van der Waals surface area contributed by atoms with Gasteiger partial charge in [-0.1, -0.05) is 29.2 Å². The predicted molar refractivity (Wildman–Crippen MR) is 56.4 cm³/mol. The van der Waals surface area contributed by atoms with Gasteiger partial charge < -0.3 is 4.74 Å². The fraction of sp³-hybridized carbons (Fsp3) is 0.667. The van der Waals surface area contributed by atoms with E-state index in [4.69, 9.17) is 4.74 Å². The van der Waals surface area contributed by atoms with Gasteiger partial charge in [0.15, 0.2) is 0 Å². The second-order valence-corrected chi connectivity index (χ2v) is 3.91. The van der Waals surface area contributed by atoms with Crippen LogP contribution in [0, 0.1) is 0 Å². The van der Waals surface area contributed by atoms with E-state index in [9.17, 15) is 4.79 Å². The van der Waals surface area contributed by atoms with Gasteiger partial charge in [-0.25, -0.2) is 4.79 Å². The lowest BCUT2D eigenvalue weighted by Crippen LogP contribution is -2.22. The van der Waals surface area contributed by atoms with E-state index in [-0.39, 0.29) is 12.1 Å². The van der Waals surface area contributed by atoms with Crippen molar-refractivity contribution in [3.8, 4) is 0 Å². The zero-order chi connectivity index (χ0) is 8.97. The van der Waals surface area contributed by atoms with Crippen molar-refractivity contribution < 1.29 is 9.53 Å². The number of alkyl halides is 1. The summed E-state index contributed by atoms with van der Waals surface area (Å²) in [4.78, 5) is 11.2. The maximum absolute atomic E-state index is 11.2. The van der Waals surface area contributed by atoms with Crippen molar-refractivity contribution in [2.24, 2.45) is 0 Å². The number of esters is 1. The number of hydrogen-bond donors (Lipinski definition) is 0. The van der Waals surface area contributed by atoms with Crippen molar-refractivity contribution in [2.75, 3.05) is 4.43 Å². The molecule has 1 fully saturated rings. The summed E-state index contributed by atoms with van der Waals surface area (Å²) in [6.07, 6.45) is 4.12. The van der Waals surface area contributed by atoms with Crippen molar-refractivity contribution in [1.29, 1.82) is 0 Å². The van der Waals surface area contributed by atoms with Crippen LogP contribution >= 0.6 is 22.6 Å². The molecule has 1 aliphatic heterocycles. The Morgan fingerprint density at radius 2 is 2.33 bits per heavy atom. The molecule has 1 atom stereocenters. The maximum atomic E-state index is 11.2. The minimum absolute atomic E-state index is 0.107. The number of hydrogen-bond acceptors (Lipinski definition) is 2. The molecule has 68 valence electrons. The lowest BCUT2D eigenvalue weighted by Gasteiger charge is -2.19. The Morgan fingerprint density at radius 1 is 1.58 bits per heavy atom. The van der Waals surface area contributed by atoms with Crippen molar-refractivity contribution in [3.05, 3.63) is 12.2 Å². The molecule has 1 heterocycles. The number of rotatable bonds is 1. The predicted octanol–water partition coefficient (Wildman–Crippen LogP) is 2.46. The molecule has 0 aliphatic carbocycles. The van der Waals surface area contributed by atoms with Crippen LogP contribution in [0.2, 0.25) is 0 Å². The van der Waals surface area contributed by atoms with Gasteiger partial charge in [0.2, 0.25) is 0 Å². The van der Waals surface area contributed by atoms with Crippen LogP contribution < -0.4 is 0 Å². The highest BCUT2D eigenvalue weighted by molar-refractivity contribution is 14.1. The van der Waals surface area contributed by atoms with E-state index in [1.807, 2.05) is 0 Å². The molecule has 0 spiro atoms. The Balaban J connectivity index is 2.52. The Hall–Kier alpha value is -0.0600. The van der Waals surface area contributed by atoms with Gasteiger partial charge in [0, 0.05) is 10.0 Å². The summed E-state index contributed by atoms with van der Waals surface area (Å²) in [7, 11) is 0. The van der Waals surface area contributed by atoms with Crippen molar-refractivity contribution in [1.82, 2.24) is 0 Å². The summed E-state index contributed by atoms with van der Waals surface area (Å²) in [6.45, 7) is 3.69. The number of carbonyl (C=O) groups excluding carboxylic acids is 1. The fourth-order valence-electron chi connectivity index (χ4n) is 1.21. The molecule has 1 aliphatic rings. The second-order valence-electron chi connectivity index (χ2n) is 3.03. The van der Waals surface area contributed by atoms with Crippen molar-refractivity contribution in [2.45, 2.75) is 31.8 Å². The largest absolute Gasteiger partial charge is 0.458 e.